The number of hydrogen-bond acceptors (Lipinski definition) is 6. The molecule has 0 fully saturated rings. The molecule has 0 aliphatic carbocycles. The zero-order chi connectivity index (χ0) is 11.2. The van der Waals surface area contributed by atoms with Crippen LogP contribution in [0.4, 0.5) is 11.1 Å². The molecular formula is C10H12N4OS. The van der Waals surface area contributed by atoms with Crippen LogP contribution in [0.25, 0.3) is 0 Å². The number of anilines is 2. The van der Waals surface area contributed by atoms with Gasteiger partial charge in [-0.25, -0.2) is 0 Å². The summed E-state index contributed by atoms with van der Waals surface area (Å²) in [5, 5.41) is 3.79. The van der Waals surface area contributed by atoms with Crippen LogP contribution in [-0.4, -0.2) is 22.5 Å². The van der Waals surface area contributed by atoms with Crippen LogP contribution in [0.1, 0.15) is 0 Å². The largest absolute Gasteiger partial charge is 0.492 e. The van der Waals surface area contributed by atoms with Crippen LogP contribution in [0.15, 0.2) is 30.3 Å². The van der Waals surface area contributed by atoms with E-state index >= 15 is 0 Å². The Morgan fingerprint density at radius 1 is 1.31 bits per heavy atom. The molecule has 5 nitrogen and oxygen atoms in total. The number of nitrogens with zero attached hydrogens (tertiary/aromatic N) is 2. The first-order valence-corrected chi connectivity index (χ1v) is 5.63. The lowest BCUT2D eigenvalue weighted by atomic mass is 10.3. The van der Waals surface area contributed by atoms with Crippen molar-refractivity contribution in [2.75, 3.05) is 24.2 Å². The SMILES string of the molecule is Nc1nsc(NCCOc2ccccc2)n1. The van der Waals surface area contributed by atoms with E-state index in [1.165, 1.54) is 11.5 Å². The molecule has 6 heteroatoms. The number of para-hydroxylation sites is 1. The maximum absolute atomic E-state index is 5.50. The first-order chi connectivity index (χ1) is 7.84. The molecule has 84 valence electrons. The first kappa shape index (κ1) is 10.7. The quantitative estimate of drug-likeness (QED) is 0.772. The Labute approximate surface area is 97.4 Å². The van der Waals surface area contributed by atoms with Gasteiger partial charge in [0, 0.05) is 11.5 Å². The van der Waals surface area contributed by atoms with Crippen molar-refractivity contribution in [2.45, 2.75) is 0 Å². The smallest absolute Gasteiger partial charge is 0.233 e. The molecule has 0 amide bonds. The fourth-order valence-electron chi connectivity index (χ4n) is 1.15. The van der Waals surface area contributed by atoms with Gasteiger partial charge in [-0.3, -0.25) is 0 Å². The van der Waals surface area contributed by atoms with Gasteiger partial charge in [-0.05, 0) is 12.1 Å². The highest BCUT2D eigenvalue weighted by atomic mass is 32.1. The lowest BCUT2D eigenvalue weighted by Gasteiger charge is -2.05. The first-order valence-electron chi connectivity index (χ1n) is 4.85. The molecule has 2 rings (SSSR count). The number of nitrogens with two attached hydrogens (primary N) is 1. The molecule has 0 unspecified atom stereocenters. The van der Waals surface area contributed by atoms with Crippen molar-refractivity contribution in [1.82, 2.24) is 9.36 Å². The second-order valence-electron chi connectivity index (χ2n) is 3.05. The minimum absolute atomic E-state index is 0.302. The second kappa shape index (κ2) is 5.32. The van der Waals surface area contributed by atoms with E-state index in [1.54, 1.807) is 0 Å². The highest BCUT2D eigenvalue weighted by Gasteiger charge is 1.98. The van der Waals surface area contributed by atoms with Gasteiger partial charge in [0.05, 0.1) is 6.54 Å². The Hall–Kier alpha value is -1.82. The summed E-state index contributed by atoms with van der Waals surface area (Å²) in [6.45, 7) is 1.24. The number of nitrogen functional groups attached to an aromatic ring is 1. The molecule has 0 aliphatic rings. The maximum Gasteiger partial charge on any atom is 0.233 e. The van der Waals surface area contributed by atoms with Gasteiger partial charge >= 0.3 is 0 Å². The van der Waals surface area contributed by atoms with Crippen molar-refractivity contribution in [3.05, 3.63) is 30.3 Å². The van der Waals surface area contributed by atoms with Gasteiger partial charge < -0.3 is 15.8 Å². The fraction of sp³-hybridized carbons (Fsp3) is 0.200. The van der Waals surface area contributed by atoms with Crippen LogP contribution >= 0.6 is 11.5 Å². The van der Waals surface area contributed by atoms with Gasteiger partial charge in [0.1, 0.15) is 12.4 Å². The monoisotopic (exact) mass is 236 g/mol. The maximum atomic E-state index is 5.50. The van der Waals surface area contributed by atoms with E-state index in [4.69, 9.17) is 10.5 Å². The van der Waals surface area contributed by atoms with Gasteiger partial charge in [-0.1, -0.05) is 18.2 Å². The number of benzene rings is 1. The molecule has 3 N–H and O–H groups in total. The lowest BCUT2D eigenvalue weighted by Crippen LogP contribution is -2.11. The molecular weight excluding hydrogens is 224 g/mol. The molecule has 0 saturated carbocycles. The molecule has 0 atom stereocenters. The predicted molar refractivity (Wildman–Crippen MR) is 64.7 cm³/mol. The molecule has 16 heavy (non-hydrogen) atoms. The van der Waals surface area contributed by atoms with Gasteiger partial charge in [0.15, 0.2) is 0 Å². The Bertz CT molecular complexity index is 431. The zero-order valence-corrected chi connectivity index (χ0v) is 9.41. The van der Waals surface area contributed by atoms with E-state index in [0.29, 0.717) is 24.2 Å². The molecule has 0 bridgehead atoms. The van der Waals surface area contributed by atoms with Gasteiger partial charge in [0.2, 0.25) is 11.1 Å². The van der Waals surface area contributed by atoms with Gasteiger partial charge in [-0.2, -0.15) is 9.36 Å². The number of aromatic nitrogens is 2. The molecule has 0 aliphatic heterocycles. The Morgan fingerprint density at radius 3 is 2.81 bits per heavy atom. The third-order valence-electron chi connectivity index (χ3n) is 1.83. The van der Waals surface area contributed by atoms with Crippen LogP contribution in [0.5, 0.6) is 5.75 Å². The standard InChI is InChI=1S/C10H12N4OS/c11-9-13-10(16-14-9)12-6-7-15-8-4-2-1-3-5-8/h1-5H,6-7H2,(H3,11,12,13,14). The van der Waals surface area contributed by atoms with Crippen molar-refractivity contribution in [1.29, 1.82) is 0 Å². The Morgan fingerprint density at radius 2 is 2.12 bits per heavy atom. The van der Waals surface area contributed by atoms with Crippen LogP contribution in [0.2, 0.25) is 0 Å². The minimum atomic E-state index is 0.302. The second-order valence-corrected chi connectivity index (χ2v) is 3.80. The summed E-state index contributed by atoms with van der Waals surface area (Å²) in [5.41, 5.74) is 5.39. The number of rotatable bonds is 5. The number of hydrogen-bond donors (Lipinski definition) is 2. The fourth-order valence-corrected chi connectivity index (χ4v) is 1.67. The normalized spacial score (nSPS) is 10.0. The predicted octanol–water partition coefficient (Wildman–Crippen LogP) is 1.61. The van der Waals surface area contributed by atoms with Crippen LogP contribution in [-0.2, 0) is 0 Å². The molecule has 1 heterocycles. The number of ether oxygens (including phenoxy) is 1. The van der Waals surface area contributed by atoms with E-state index in [-0.39, 0.29) is 0 Å². The van der Waals surface area contributed by atoms with Crippen molar-refractivity contribution in [3.63, 3.8) is 0 Å². The summed E-state index contributed by atoms with van der Waals surface area (Å²) in [4.78, 5) is 3.97. The van der Waals surface area contributed by atoms with Crippen LogP contribution in [0, 0.1) is 0 Å². The Balaban J connectivity index is 1.69. The van der Waals surface area contributed by atoms with E-state index < -0.39 is 0 Å². The summed E-state index contributed by atoms with van der Waals surface area (Å²) in [7, 11) is 0. The molecule has 2 aromatic rings. The van der Waals surface area contributed by atoms with E-state index in [0.717, 1.165) is 5.75 Å². The molecule has 1 aromatic heterocycles. The topological polar surface area (TPSA) is 73.1 Å². The average Bonchev–Trinajstić information content (AvgIpc) is 2.72. The highest BCUT2D eigenvalue weighted by molar-refractivity contribution is 7.09. The third kappa shape index (κ3) is 3.09. The summed E-state index contributed by atoms with van der Waals surface area (Å²) < 4.78 is 9.36. The van der Waals surface area contributed by atoms with Crippen LogP contribution < -0.4 is 15.8 Å². The summed E-state index contributed by atoms with van der Waals surface area (Å²) in [5.74, 6) is 1.16. The molecule has 1 aromatic carbocycles. The van der Waals surface area contributed by atoms with Crippen molar-refractivity contribution in [2.24, 2.45) is 0 Å². The van der Waals surface area contributed by atoms with E-state index in [9.17, 15) is 0 Å². The van der Waals surface area contributed by atoms with Gasteiger partial charge in [-0.15, -0.1) is 0 Å². The van der Waals surface area contributed by atoms with Crippen molar-refractivity contribution in [3.8, 4) is 5.75 Å². The average molecular weight is 236 g/mol. The Kier molecular flexibility index (Phi) is 3.55. The molecule has 0 radical (unpaired) electrons. The molecule has 0 saturated heterocycles. The van der Waals surface area contributed by atoms with E-state index in [2.05, 4.69) is 14.7 Å². The summed E-state index contributed by atoms with van der Waals surface area (Å²) in [6.07, 6.45) is 0. The number of nitrogens with one attached hydrogen (secondary N) is 1. The van der Waals surface area contributed by atoms with Crippen molar-refractivity contribution >= 4 is 22.6 Å². The lowest BCUT2D eigenvalue weighted by molar-refractivity contribution is 0.333. The minimum Gasteiger partial charge on any atom is -0.492 e. The van der Waals surface area contributed by atoms with Gasteiger partial charge in [0.25, 0.3) is 0 Å². The highest BCUT2D eigenvalue weighted by Crippen LogP contribution is 2.11. The van der Waals surface area contributed by atoms with Crippen molar-refractivity contribution < 1.29 is 4.74 Å². The summed E-state index contributed by atoms with van der Waals surface area (Å²) >= 11 is 1.24. The zero-order valence-electron chi connectivity index (χ0n) is 8.59. The molecule has 0 spiro atoms. The summed E-state index contributed by atoms with van der Waals surface area (Å²) in [6, 6.07) is 9.67. The van der Waals surface area contributed by atoms with E-state index in [1.807, 2.05) is 30.3 Å². The van der Waals surface area contributed by atoms with Crippen LogP contribution in [0.3, 0.4) is 0 Å². The third-order valence-corrected chi connectivity index (χ3v) is 2.52.